The second kappa shape index (κ2) is 7.09. The van der Waals surface area contributed by atoms with Crippen molar-refractivity contribution in [1.29, 1.82) is 0 Å². The maximum atomic E-state index is 12.5. The van der Waals surface area contributed by atoms with E-state index in [1.807, 2.05) is 0 Å². The van der Waals surface area contributed by atoms with Gasteiger partial charge in [0, 0.05) is 0 Å². The summed E-state index contributed by atoms with van der Waals surface area (Å²) < 4.78 is 92.8. The molecule has 0 bridgehead atoms. The standard InChI is InChI=1S/C14H13F3O4SSe/c1-10-7-9-23-13(10)6-8-20-22(18,19)21-12-4-2-11(3-5-12)14(15,16)17/h2-5,7,9H,6,8H2,1H3/i1D3. The quantitative estimate of drug-likeness (QED) is 0.680. The third kappa shape index (κ3) is 5.38. The van der Waals surface area contributed by atoms with Crippen molar-refractivity contribution in [2.45, 2.75) is 19.4 Å². The van der Waals surface area contributed by atoms with Crippen LogP contribution in [0, 0.1) is 6.85 Å². The Morgan fingerprint density at radius 1 is 1.22 bits per heavy atom. The summed E-state index contributed by atoms with van der Waals surface area (Å²) in [5, 5.41) is 0. The first-order valence-electron chi connectivity index (χ1n) is 7.71. The van der Waals surface area contributed by atoms with Gasteiger partial charge in [0.05, 0.1) is 0 Å². The van der Waals surface area contributed by atoms with Gasteiger partial charge in [-0.1, -0.05) is 0 Å². The molecule has 1 aromatic heterocycles. The van der Waals surface area contributed by atoms with Crippen LogP contribution in [0.3, 0.4) is 0 Å². The van der Waals surface area contributed by atoms with Crippen LogP contribution in [0.4, 0.5) is 13.2 Å². The van der Waals surface area contributed by atoms with Gasteiger partial charge in [-0.3, -0.25) is 0 Å². The number of hydrogen-bond acceptors (Lipinski definition) is 4. The van der Waals surface area contributed by atoms with Gasteiger partial charge in [0.15, 0.2) is 0 Å². The normalized spacial score (nSPS) is 14.8. The van der Waals surface area contributed by atoms with Crippen LogP contribution in [-0.2, 0) is 27.2 Å². The first kappa shape index (κ1) is 14.1. The van der Waals surface area contributed by atoms with Gasteiger partial charge in [-0.05, 0) is 0 Å². The fourth-order valence-corrected chi connectivity index (χ4v) is 3.90. The molecule has 23 heavy (non-hydrogen) atoms. The van der Waals surface area contributed by atoms with Crippen LogP contribution in [0.25, 0.3) is 0 Å². The van der Waals surface area contributed by atoms with E-state index in [4.69, 9.17) is 4.11 Å². The van der Waals surface area contributed by atoms with E-state index >= 15 is 0 Å². The molecule has 0 unspecified atom stereocenters. The third-order valence-electron chi connectivity index (χ3n) is 2.68. The summed E-state index contributed by atoms with van der Waals surface area (Å²) in [6.07, 6.45) is -4.45. The van der Waals surface area contributed by atoms with Crippen LogP contribution in [0.1, 0.15) is 19.7 Å². The van der Waals surface area contributed by atoms with Gasteiger partial charge in [-0.2, -0.15) is 0 Å². The molecule has 0 aliphatic carbocycles. The number of aryl methyl sites for hydroxylation is 1. The zero-order valence-electron chi connectivity index (χ0n) is 14.5. The molecule has 0 aliphatic rings. The molecule has 0 saturated heterocycles. The topological polar surface area (TPSA) is 52.6 Å². The molecule has 0 atom stereocenters. The molecule has 126 valence electrons. The molecule has 0 N–H and O–H groups in total. The van der Waals surface area contributed by atoms with Crippen LogP contribution in [-0.4, -0.2) is 29.5 Å². The van der Waals surface area contributed by atoms with Crippen molar-refractivity contribution in [1.82, 2.24) is 0 Å². The minimum atomic E-state index is -4.54. The van der Waals surface area contributed by atoms with Crippen molar-refractivity contribution in [2.24, 2.45) is 0 Å². The molecular weight excluding hydrogens is 400 g/mol. The van der Waals surface area contributed by atoms with Gasteiger partial charge in [-0.25, -0.2) is 0 Å². The number of rotatable bonds is 6. The molecule has 0 amide bonds. The van der Waals surface area contributed by atoms with Gasteiger partial charge in [0.1, 0.15) is 0 Å². The summed E-state index contributed by atoms with van der Waals surface area (Å²) in [4.78, 5) is 1.72. The monoisotopic (exact) mass is 417 g/mol. The fraction of sp³-hybridized carbons (Fsp3) is 0.286. The summed E-state index contributed by atoms with van der Waals surface area (Å²) in [6.45, 7) is -2.61. The van der Waals surface area contributed by atoms with Crippen LogP contribution < -0.4 is 4.18 Å². The van der Waals surface area contributed by atoms with E-state index < -0.39 is 29.0 Å². The molecule has 9 heteroatoms. The number of hydrogen-bond donors (Lipinski definition) is 0. The molecule has 0 saturated carbocycles. The van der Waals surface area contributed by atoms with E-state index in [1.54, 1.807) is 4.94 Å². The molecule has 0 aliphatic heterocycles. The fourth-order valence-electron chi connectivity index (χ4n) is 1.61. The van der Waals surface area contributed by atoms with E-state index in [-0.39, 0.29) is 38.8 Å². The second-order valence-corrected chi connectivity index (χ2v) is 7.66. The Hall–Kier alpha value is -1.28. The van der Waals surface area contributed by atoms with Crippen molar-refractivity contribution in [2.75, 3.05) is 6.61 Å². The predicted molar refractivity (Wildman–Crippen MR) is 78.8 cm³/mol. The van der Waals surface area contributed by atoms with Crippen molar-refractivity contribution in [3.05, 3.63) is 50.8 Å². The van der Waals surface area contributed by atoms with E-state index in [9.17, 15) is 21.6 Å². The Labute approximate surface area is 142 Å². The van der Waals surface area contributed by atoms with E-state index in [1.165, 1.54) is 6.07 Å². The number of halogens is 3. The summed E-state index contributed by atoms with van der Waals surface area (Å²) >= 11 is -0.189. The third-order valence-corrected chi connectivity index (χ3v) is 5.59. The maximum absolute atomic E-state index is 12.5. The molecule has 4 nitrogen and oxygen atoms in total. The van der Waals surface area contributed by atoms with Gasteiger partial charge in [0.25, 0.3) is 0 Å². The van der Waals surface area contributed by atoms with Crippen LogP contribution in [0.5, 0.6) is 5.75 Å². The predicted octanol–water partition coefficient (Wildman–Crippen LogP) is 2.95. The van der Waals surface area contributed by atoms with Gasteiger partial charge >= 0.3 is 142 Å². The zero-order valence-corrected chi connectivity index (χ0v) is 14.0. The average Bonchev–Trinajstić information content (AvgIpc) is 2.95. The molecule has 0 fully saturated rings. The number of alkyl halides is 3. The van der Waals surface area contributed by atoms with Crippen LogP contribution in [0.15, 0.2) is 35.3 Å². The van der Waals surface area contributed by atoms with E-state index in [0.717, 1.165) is 12.1 Å². The molecule has 1 aromatic carbocycles. The Bertz CT molecular complexity index is 846. The Kier molecular flexibility index (Phi) is 4.34. The van der Waals surface area contributed by atoms with E-state index in [0.29, 0.717) is 16.6 Å². The summed E-state index contributed by atoms with van der Waals surface area (Å²) in [5.74, 6) is -0.327. The molecular formula is C14H13F3O4SSe. The van der Waals surface area contributed by atoms with Gasteiger partial charge in [-0.15, -0.1) is 0 Å². The van der Waals surface area contributed by atoms with Crippen LogP contribution >= 0.6 is 0 Å². The second-order valence-electron chi connectivity index (χ2n) is 4.34. The van der Waals surface area contributed by atoms with Crippen molar-refractivity contribution >= 4 is 24.9 Å². The number of benzene rings is 1. The first-order valence-corrected chi connectivity index (χ1v) is 9.39. The zero-order chi connectivity index (χ0) is 19.6. The Balaban J connectivity index is 1.94. The van der Waals surface area contributed by atoms with Gasteiger partial charge < -0.3 is 0 Å². The first-order chi connectivity index (χ1) is 11.9. The average molecular weight is 416 g/mol. The van der Waals surface area contributed by atoms with Crippen molar-refractivity contribution in [3.63, 3.8) is 0 Å². The van der Waals surface area contributed by atoms with Crippen LogP contribution in [0.2, 0.25) is 0 Å². The van der Waals surface area contributed by atoms with Crippen molar-refractivity contribution in [3.8, 4) is 5.75 Å². The SMILES string of the molecule is [2H]C([2H])([2H])c1cc[se]c1CCOS(=O)(=O)Oc1ccc(C(F)(F)F)cc1. The summed E-state index contributed by atoms with van der Waals surface area (Å²) in [5.41, 5.74) is -0.759. The molecule has 1 heterocycles. The molecule has 0 radical (unpaired) electrons. The van der Waals surface area contributed by atoms with Crippen molar-refractivity contribution < 1.29 is 34.1 Å². The summed E-state index contributed by atoms with van der Waals surface area (Å²) in [6, 6.07) is 4.59. The summed E-state index contributed by atoms with van der Waals surface area (Å²) in [7, 11) is -4.49. The van der Waals surface area contributed by atoms with E-state index in [2.05, 4.69) is 8.37 Å². The minimum absolute atomic E-state index is 0.0936. The molecule has 0 spiro atoms. The molecule has 2 aromatic rings. The van der Waals surface area contributed by atoms with Gasteiger partial charge in [0.2, 0.25) is 0 Å². The Morgan fingerprint density at radius 3 is 2.52 bits per heavy atom. The molecule has 2 rings (SSSR count). The Morgan fingerprint density at radius 2 is 1.91 bits per heavy atom.